The Labute approximate surface area is 219 Å². The van der Waals surface area contributed by atoms with Crippen LogP contribution in [-0.4, -0.2) is 9.55 Å². The van der Waals surface area contributed by atoms with Gasteiger partial charge in [-0.15, -0.1) is 11.3 Å². The summed E-state index contributed by atoms with van der Waals surface area (Å²) >= 11 is 1.57. The maximum atomic E-state index is 15.1. The first-order chi connectivity index (χ1) is 18.0. The van der Waals surface area contributed by atoms with E-state index in [-0.39, 0.29) is 17.9 Å². The highest BCUT2D eigenvalue weighted by Gasteiger charge is 2.22. The number of aromatic nitrogens is 2. The van der Waals surface area contributed by atoms with Crippen LogP contribution in [0.3, 0.4) is 0 Å². The molecule has 0 aliphatic carbocycles. The number of halogens is 1. The smallest absolute Gasteiger partial charge is 0.262 e. The Kier molecular flexibility index (Phi) is 7.28. The molecule has 0 aliphatic rings. The fourth-order valence-corrected chi connectivity index (χ4v) is 5.33. The summed E-state index contributed by atoms with van der Waals surface area (Å²) in [5.41, 5.74) is 3.53. The van der Waals surface area contributed by atoms with E-state index in [0.717, 1.165) is 20.9 Å². The van der Waals surface area contributed by atoms with Crippen molar-refractivity contribution in [2.24, 2.45) is 0 Å². The van der Waals surface area contributed by atoms with Gasteiger partial charge in [0.15, 0.2) is 11.6 Å². The Bertz CT molecular complexity index is 1580. The molecular formula is C31H27FN2O2S. The predicted octanol–water partition coefficient (Wildman–Crippen LogP) is 7.22. The van der Waals surface area contributed by atoms with Crippen LogP contribution in [0.4, 0.5) is 4.39 Å². The first-order valence-corrected chi connectivity index (χ1v) is 13.0. The van der Waals surface area contributed by atoms with Gasteiger partial charge in [0.2, 0.25) is 0 Å². The normalized spacial score (nSPS) is 11.0. The van der Waals surface area contributed by atoms with E-state index in [0.29, 0.717) is 35.6 Å². The lowest BCUT2D eigenvalue weighted by Crippen LogP contribution is -2.27. The molecule has 0 atom stereocenters. The Morgan fingerprint density at radius 1 is 0.865 bits per heavy atom. The van der Waals surface area contributed by atoms with Crippen LogP contribution in [0.2, 0.25) is 0 Å². The van der Waals surface area contributed by atoms with Crippen molar-refractivity contribution < 1.29 is 9.13 Å². The van der Waals surface area contributed by atoms with Crippen molar-refractivity contribution in [3.8, 4) is 27.6 Å². The van der Waals surface area contributed by atoms with E-state index in [4.69, 9.17) is 9.72 Å². The van der Waals surface area contributed by atoms with Gasteiger partial charge in [0.05, 0.1) is 16.8 Å². The second-order valence-electron chi connectivity index (χ2n) is 8.89. The highest BCUT2D eigenvalue weighted by molar-refractivity contribution is 7.15. The van der Waals surface area contributed by atoms with Crippen molar-refractivity contribution in [2.75, 3.05) is 0 Å². The summed E-state index contributed by atoms with van der Waals surface area (Å²) in [6.45, 7) is 4.45. The quantitative estimate of drug-likeness (QED) is 0.221. The lowest BCUT2D eigenvalue weighted by molar-refractivity contribution is 0.291. The minimum Gasteiger partial charge on any atom is -0.485 e. The molecule has 0 bridgehead atoms. The fourth-order valence-electron chi connectivity index (χ4n) is 4.37. The lowest BCUT2D eigenvalue weighted by atomic mass is 10.1. The van der Waals surface area contributed by atoms with Crippen molar-refractivity contribution >= 4 is 11.3 Å². The summed E-state index contributed by atoms with van der Waals surface area (Å²) in [5.74, 6) is -0.00301. The number of hydrogen-bond acceptors (Lipinski definition) is 4. The van der Waals surface area contributed by atoms with E-state index >= 15 is 4.39 Å². The van der Waals surface area contributed by atoms with Crippen molar-refractivity contribution in [3.05, 3.63) is 129 Å². The standard InChI is InChI=1S/C31H27FN2O2S/c1-21-16-17-27(37-21)28-22(2)33-30(34(31(28)35)19-18-23-10-5-3-6-11-23)25-14-9-15-26(32)29(25)36-20-24-12-7-4-8-13-24/h3-17H,18-20H2,1-2H3. The molecule has 0 saturated carbocycles. The zero-order valence-corrected chi connectivity index (χ0v) is 21.6. The first-order valence-electron chi connectivity index (χ1n) is 12.2. The number of thiophene rings is 1. The largest absolute Gasteiger partial charge is 0.485 e. The van der Waals surface area contributed by atoms with E-state index in [2.05, 4.69) is 0 Å². The molecule has 5 rings (SSSR count). The van der Waals surface area contributed by atoms with Crippen LogP contribution in [0.25, 0.3) is 21.8 Å². The molecule has 0 saturated heterocycles. The van der Waals surface area contributed by atoms with Crippen LogP contribution in [0.5, 0.6) is 5.75 Å². The SMILES string of the molecule is Cc1ccc(-c2c(C)nc(-c3cccc(F)c3OCc3ccccc3)n(CCc3ccccc3)c2=O)s1. The van der Waals surface area contributed by atoms with Crippen LogP contribution in [0.15, 0.2) is 95.8 Å². The van der Waals surface area contributed by atoms with Gasteiger partial charge < -0.3 is 4.74 Å². The van der Waals surface area contributed by atoms with E-state index in [1.54, 1.807) is 28.0 Å². The summed E-state index contributed by atoms with van der Waals surface area (Å²) in [7, 11) is 0. The van der Waals surface area contributed by atoms with Crippen LogP contribution >= 0.6 is 11.3 Å². The average Bonchev–Trinajstić information content (AvgIpc) is 3.33. The third-order valence-corrected chi connectivity index (χ3v) is 7.26. The molecule has 0 radical (unpaired) electrons. The Balaban J connectivity index is 1.63. The van der Waals surface area contributed by atoms with Gasteiger partial charge in [-0.2, -0.15) is 0 Å². The molecule has 6 heteroatoms. The number of benzene rings is 3. The Morgan fingerprint density at radius 3 is 2.24 bits per heavy atom. The molecule has 2 aromatic heterocycles. The molecule has 0 spiro atoms. The highest BCUT2D eigenvalue weighted by atomic mass is 32.1. The van der Waals surface area contributed by atoms with Crippen LogP contribution in [-0.2, 0) is 19.6 Å². The molecular weight excluding hydrogens is 483 g/mol. The molecule has 186 valence electrons. The van der Waals surface area contributed by atoms with Crippen molar-refractivity contribution in [3.63, 3.8) is 0 Å². The number of aryl methyl sites for hydroxylation is 3. The van der Waals surface area contributed by atoms with E-state index in [1.165, 1.54) is 6.07 Å². The Hall–Kier alpha value is -4.03. The second kappa shape index (κ2) is 10.9. The molecule has 0 unspecified atom stereocenters. The number of rotatable bonds is 8. The third-order valence-electron chi connectivity index (χ3n) is 6.24. The zero-order chi connectivity index (χ0) is 25.8. The van der Waals surface area contributed by atoms with Crippen molar-refractivity contribution in [2.45, 2.75) is 33.4 Å². The highest BCUT2D eigenvalue weighted by Crippen LogP contribution is 2.34. The summed E-state index contributed by atoms with van der Waals surface area (Å²) in [5, 5.41) is 0. The van der Waals surface area contributed by atoms with Gasteiger partial charge >= 0.3 is 0 Å². The third kappa shape index (κ3) is 5.39. The number of hydrogen-bond donors (Lipinski definition) is 0. The van der Waals surface area contributed by atoms with Gasteiger partial charge in [0.1, 0.15) is 12.4 Å². The van der Waals surface area contributed by atoms with E-state index in [1.807, 2.05) is 86.6 Å². The summed E-state index contributed by atoms with van der Waals surface area (Å²) in [6, 6.07) is 28.3. The van der Waals surface area contributed by atoms with Crippen LogP contribution in [0.1, 0.15) is 21.7 Å². The minimum absolute atomic E-state index is 0.0887. The number of para-hydroxylation sites is 1. The average molecular weight is 511 g/mol. The molecule has 2 heterocycles. The summed E-state index contributed by atoms with van der Waals surface area (Å²) < 4.78 is 22.8. The predicted molar refractivity (Wildman–Crippen MR) is 148 cm³/mol. The minimum atomic E-state index is -0.493. The van der Waals surface area contributed by atoms with Crippen molar-refractivity contribution in [1.29, 1.82) is 0 Å². The maximum Gasteiger partial charge on any atom is 0.262 e. The fraction of sp³-hybridized carbons (Fsp3) is 0.161. The monoisotopic (exact) mass is 510 g/mol. The molecule has 4 nitrogen and oxygen atoms in total. The summed E-state index contributed by atoms with van der Waals surface area (Å²) in [4.78, 5) is 20.9. The maximum absolute atomic E-state index is 15.1. The van der Waals surface area contributed by atoms with Gasteiger partial charge in [-0.25, -0.2) is 9.37 Å². The summed E-state index contributed by atoms with van der Waals surface area (Å²) in [6.07, 6.45) is 0.636. The molecule has 0 aliphatic heterocycles. The molecule has 5 aromatic rings. The van der Waals surface area contributed by atoms with E-state index in [9.17, 15) is 4.79 Å². The zero-order valence-electron chi connectivity index (χ0n) is 20.8. The van der Waals surface area contributed by atoms with Crippen LogP contribution in [0, 0.1) is 19.7 Å². The molecule has 37 heavy (non-hydrogen) atoms. The van der Waals surface area contributed by atoms with Gasteiger partial charge in [0.25, 0.3) is 5.56 Å². The van der Waals surface area contributed by atoms with Gasteiger partial charge in [-0.3, -0.25) is 9.36 Å². The van der Waals surface area contributed by atoms with Gasteiger partial charge in [-0.05, 0) is 55.7 Å². The Morgan fingerprint density at radius 2 is 1.57 bits per heavy atom. The van der Waals surface area contributed by atoms with Gasteiger partial charge in [0, 0.05) is 16.3 Å². The molecule has 0 N–H and O–H groups in total. The van der Waals surface area contributed by atoms with E-state index < -0.39 is 5.82 Å². The molecule has 0 fully saturated rings. The van der Waals surface area contributed by atoms with Crippen molar-refractivity contribution in [1.82, 2.24) is 9.55 Å². The molecule has 0 amide bonds. The van der Waals surface area contributed by atoms with Crippen LogP contribution < -0.4 is 10.3 Å². The lowest BCUT2D eigenvalue weighted by Gasteiger charge is -2.18. The molecule has 3 aromatic carbocycles. The van der Waals surface area contributed by atoms with Gasteiger partial charge in [-0.1, -0.05) is 66.7 Å². The number of nitrogens with zero attached hydrogens (tertiary/aromatic N) is 2. The topological polar surface area (TPSA) is 44.1 Å². The first kappa shape index (κ1) is 24.7. The second-order valence-corrected chi connectivity index (χ2v) is 10.2. The number of ether oxygens (including phenoxy) is 1.